The number of aromatic nitrogens is 3. The Bertz CT molecular complexity index is 2400. The molecule has 5 heteroatoms. The van der Waals surface area contributed by atoms with Crippen molar-refractivity contribution in [2.24, 2.45) is 0 Å². The lowest BCUT2D eigenvalue weighted by molar-refractivity contribution is 0.723. The van der Waals surface area contributed by atoms with Gasteiger partial charge in [0.1, 0.15) is 0 Å². The molecule has 0 fully saturated rings. The largest absolute Gasteiger partial charge is 0.208 e. The quantitative estimate of drug-likeness (QED) is 0.194. The van der Waals surface area contributed by atoms with Crippen LogP contribution < -0.4 is 0 Å². The number of hydrogen-bond acceptors (Lipinski definition) is 5. The summed E-state index contributed by atoms with van der Waals surface area (Å²) in [6.07, 6.45) is 0. The highest BCUT2D eigenvalue weighted by Crippen LogP contribution is 2.64. The van der Waals surface area contributed by atoms with Gasteiger partial charge in [-0.05, 0) is 63.0 Å². The number of benzene rings is 6. The molecule has 2 aromatic heterocycles. The van der Waals surface area contributed by atoms with E-state index in [-0.39, 0.29) is 0 Å². The maximum Gasteiger partial charge on any atom is 0.165 e. The highest BCUT2D eigenvalue weighted by Gasteiger charge is 2.51. The van der Waals surface area contributed by atoms with Crippen LogP contribution in [0.1, 0.15) is 22.3 Å². The van der Waals surface area contributed by atoms with Crippen LogP contribution in [0.25, 0.3) is 55.4 Å². The summed E-state index contributed by atoms with van der Waals surface area (Å²) in [7, 11) is 0. The maximum absolute atomic E-state index is 5.28. The molecule has 10 rings (SSSR count). The molecule has 3 nitrogen and oxygen atoms in total. The Morgan fingerprint density at radius 3 is 1.62 bits per heavy atom. The predicted octanol–water partition coefficient (Wildman–Crippen LogP) is 10.9. The van der Waals surface area contributed by atoms with E-state index in [1.54, 1.807) is 11.3 Å². The number of thiophene rings is 1. The van der Waals surface area contributed by atoms with Crippen molar-refractivity contribution < 1.29 is 0 Å². The molecule has 0 amide bonds. The van der Waals surface area contributed by atoms with Gasteiger partial charge in [-0.1, -0.05) is 133 Å². The highest BCUT2D eigenvalue weighted by atomic mass is 32.2. The van der Waals surface area contributed by atoms with E-state index in [1.807, 2.05) is 48.2 Å². The lowest BCUT2D eigenvalue weighted by Gasteiger charge is -2.39. The molecule has 1 aliphatic heterocycles. The zero-order chi connectivity index (χ0) is 31.0. The summed E-state index contributed by atoms with van der Waals surface area (Å²) in [5, 5.41) is 3.36. The van der Waals surface area contributed by atoms with Gasteiger partial charge in [-0.15, -0.1) is 11.3 Å². The molecule has 6 aromatic carbocycles. The van der Waals surface area contributed by atoms with Crippen molar-refractivity contribution in [3.8, 4) is 45.3 Å². The number of fused-ring (bicyclic) bond motifs is 10. The minimum absolute atomic E-state index is 0.477. The van der Waals surface area contributed by atoms with Crippen LogP contribution in [-0.2, 0) is 5.41 Å². The van der Waals surface area contributed by atoms with Crippen LogP contribution in [0.2, 0.25) is 0 Å². The molecule has 1 aliphatic carbocycles. The van der Waals surface area contributed by atoms with Crippen molar-refractivity contribution in [3.05, 3.63) is 173 Å². The SMILES string of the molecule is c1ccc(-c2nc(-c3ccccc3)nc(-c3c4c(cc5sccc35)C3(c5ccccc5Sc5ccccc53)c3ccccc3-4)n2)cc1. The van der Waals surface area contributed by atoms with Crippen LogP contribution in [-0.4, -0.2) is 15.0 Å². The van der Waals surface area contributed by atoms with Crippen LogP contribution in [0, 0.1) is 0 Å². The maximum atomic E-state index is 5.28. The topological polar surface area (TPSA) is 38.7 Å². The fourth-order valence-electron chi connectivity index (χ4n) is 7.59. The Morgan fingerprint density at radius 2 is 0.979 bits per heavy atom. The normalized spacial score (nSPS) is 13.6. The van der Waals surface area contributed by atoms with Crippen molar-refractivity contribution >= 4 is 33.2 Å². The first-order valence-corrected chi connectivity index (χ1v) is 17.4. The second-order valence-corrected chi connectivity index (χ2v) is 14.0. The van der Waals surface area contributed by atoms with E-state index >= 15 is 0 Å². The van der Waals surface area contributed by atoms with Gasteiger partial charge in [0.2, 0.25) is 0 Å². The van der Waals surface area contributed by atoms with Crippen LogP contribution in [0.15, 0.2) is 161 Å². The number of rotatable bonds is 3. The van der Waals surface area contributed by atoms with Gasteiger partial charge in [0.15, 0.2) is 17.5 Å². The second-order valence-electron chi connectivity index (χ2n) is 11.9. The van der Waals surface area contributed by atoms with E-state index in [2.05, 4.69) is 115 Å². The van der Waals surface area contributed by atoms with Crippen molar-refractivity contribution in [1.82, 2.24) is 15.0 Å². The molecule has 8 aromatic rings. The molecule has 0 atom stereocenters. The first-order chi connectivity index (χ1) is 23.3. The second kappa shape index (κ2) is 10.3. The summed E-state index contributed by atoms with van der Waals surface area (Å²) in [6, 6.07) is 52.0. The Labute approximate surface area is 280 Å². The Kier molecular flexibility index (Phi) is 5.89. The standard InChI is InChI=1S/C42H25N3S2/c1-3-13-26(14-4-1)39-43-40(27-15-5-2-6-16-27)45-41(44-39)38-29-23-24-46-36(29)25-33-37(38)28-17-7-8-18-30(28)42(33)31-19-9-11-21-34(31)47-35-22-12-10-20-32(35)42/h1-25H. The molecule has 0 saturated heterocycles. The van der Waals surface area contributed by atoms with Gasteiger partial charge in [-0.2, -0.15) is 0 Å². The van der Waals surface area contributed by atoms with Gasteiger partial charge in [0.05, 0.1) is 5.41 Å². The zero-order valence-electron chi connectivity index (χ0n) is 25.1. The van der Waals surface area contributed by atoms with E-state index in [4.69, 9.17) is 15.0 Å². The third-order valence-corrected chi connectivity index (χ3v) is 11.5. The first-order valence-electron chi connectivity index (χ1n) is 15.7. The molecule has 0 bridgehead atoms. The molecule has 3 heterocycles. The Balaban J connectivity index is 1.36. The molecule has 0 N–H and O–H groups in total. The average Bonchev–Trinajstić information content (AvgIpc) is 3.73. The molecule has 220 valence electrons. The Morgan fingerprint density at radius 1 is 0.447 bits per heavy atom. The summed E-state index contributed by atoms with van der Waals surface area (Å²) in [5.74, 6) is 2.03. The lowest BCUT2D eigenvalue weighted by Crippen LogP contribution is -2.31. The number of nitrogens with zero attached hydrogens (tertiary/aromatic N) is 3. The van der Waals surface area contributed by atoms with Crippen molar-refractivity contribution in [3.63, 3.8) is 0 Å². The van der Waals surface area contributed by atoms with E-state index in [1.165, 1.54) is 47.9 Å². The Hall–Kier alpha value is -5.36. The van der Waals surface area contributed by atoms with Crippen LogP contribution >= 0.6 is 23.1 Å². The van der Waals surface area contributed by atoms with E-state index in [9.17, 15) is 0 Å². The monoisotopic (exact) mass is 635 g/mol. The van der Waals surface area contributed by atoms with Gasteiger partial charge < -0.3 is 0 Å². The van der Waals surface area contributed by atoms with Crippen molar-refractivity contribution in [1.29, 1.82) is 0 Å². The predicted molar refractivity (Wildman–Crippen MR) is 193 cm³/mol. The molecule has 0 unspecified atom stereocenters. The molecule has 2 aliphatic rings. The van der Waals surface area contributed by atoms with Gasteiger partial charge >= 0.3 is 0 Å². The highest BCUT2D eigenvalue weighted by molar-refractivity contribution is 7.99. The minimum atomic E-state index is -0.477. The van der Waals surface area contributed by atoms with E-state index in [0.717, 1.165) is 22.1 Å². The molecule has 47 heavy (non-hydrogen) atoms. The molecule has 1 spiro atoms. The zero-order valence-corrected chi connectivity index (χ0v) is 26.7. The summed E-state index contributed by atoms with van der Waals surface area (Å²) in [4.78, 5) is 18.2. The fourth-order valence-corrected chi connectivity index (χ4v) is 9.61. The number of hydrogen-bond donors (Lipinski definition) is 0. The molecular weight excluding hydrogens is 611 g/mol. The summed E-state index contributed by atoms with van der Waals surface area (Å²) in [6.45, 7) is 0. The van der Waals surface area contributed by atoms with Gasteiger partial charge in [0, 0.05) is 36.6 Å². The summed E-state index contributed by atoms with van der Waals surface area (Å²) < 4.78 is 1.22. The minimum Gasteiger partial charge on any atom is -0.208 e. The smallest absolute Gasteiger partial charge is 0.165 e. The third kappa shape index (κ3) is 3.84. The average molecular weight is 636 g/mol. The molecule has 0 saturated carbocycles. The lowest BCUT2D eigenvalue weighted by atomic mass is 9.67. The third-order valence-electron chi connectivity index (χ3n) is 9.49. The van der Waals surface area contributed by atoms with Gasteiger partial charge in [-0.25, -0.2) is 15.0 Å². The summed E-state index contributed by atoms with van der Waals surface area (Å²) >= 11 is 3.64. The van der Waals surface area contributed by atoms with Crippen molar-refractivity contribution in [2.75, 3.05) is 0 Å². The molecule has 0 radical (unpaired) electrons. The van der Waals surface area contributed by atoms with Crippen LogP contribution in [0.3, 0.4) is 0 Å². The molecular formula is C42H25N3S2. The van der Waals surface area contributed by atoms with Gasteiger partial charge in [-0.3, -0.25) is 0 Å². The summed E-state index contributed by atoms with van der Waals surface area (Å²) in [5.41, 5.74) is 10.2. The van der Waals surface area contributed by atoms with Crippen LogP contribution in [0.4, 0.5) is 0 Å². The van der Waals surface area contributed by atoms with E-state index in [0.29, 0.717) is 17.5 Å². The first kappa shape index (κ1) is 26.8. The van der Waals surface area contributed by atoms with E-state index < -0.39 is 5.41 Å². The van der Waals surface area contributed by atoms with Gasteiger partial charge in [0.25, 0.3) is 0 Å². The van der Waals surface area contributed by atoms with Crippen LogP contribution in [0.5, 0.6) is 0 Å². The fraction of sp³-hybridized carbons (Fsp3) is 0.0238. The van der Waals surface area contributed by atoms with Crippen molar-refractivity contribution in [2.45, 2.75) is 15.2 Å².